The molecule has 0 saturated heterocycles. The molecule has 0 bridgehead atoms. The van der Waals surface area contributed by atoms with E-state index in [4.69, 9.17) is 0 Å². The van der Waals surface area contributed by atoms with Crippen molar-refractivity contribution in [3.8, 4) is 0 Å². The third kappa shape index (κ3) is 4.06. The molecule has 132 valence electrons. The Labute approximate surface area is 153 Å². The van der Waals surface area contributed by atoms with Gasteiger partial charge in [0.15, 0.2) is 0 Å². The Morgan fingerprint density at radius 1 is 1.00 bits per heavy atom. The molecule has 0 aliphatic rings. The molecule has 0 aliphatic carbocycles. The Morgan fingerprint density at radius 3 is 2.50 bits per heavy atom. The van der Waals surface area contributed by atoms with Gasteiger partial charge in [-0.25, -0.2) is 9.97 Å². The Kier molecular flexibility index (Phi) is 5.27. The van der Waals surface area contributed by atoms with Crippen LogP contribution in [-0.2, 0) is 0 Å². The molecule has 3 aromatic rings. The Hall–Kier alpha value is -3.21. The number of carbonyl (C=O) groups excluding carboxylic acids is 1. The van der Waals surface area contributed by atoms with Gasteiger partial charge in [0.05, 0.1) is 0 Å². The van der Waals surface area contributed by atoms with Crippen molar-refractivity contribution in [1.29, 1.82) is 0 Å². The van der Waals surface area contributed by atoms with E-state index in [1.54, 1.807) is 12.3 Å². The Morgan fingerprint density at radius 2 is 1.77 bits per heavy atom. The van der Waals surface area contributed by atoms with Crippen LogP contribution in [0.2, 0.25) is 0 Å². The average Bonchev–Trinajstić information content (AvgIpc) is 2.64. The smallest absolute Gasteiger partial charge is 0.274 e. The number of benzene rings is 2. The van der Waals surface area contributed by atoms with Crippen LogP contribution in [0.1, 0.15) is 41.4 Å². The molecule has 1 aromatic heterocycles. The van der Waals surface area contributed by atoms with Gasteiger partial charge in [-0.3, -0.25) is 4.79 Å². The van der Waals surface area contributed by atoms with Gasteiger partial charge < -0.3 is 10.6 Å². The molecule has 26 heavy (non-hydrogen) atoms. The monoisotopic (exact) mass is 346 g/mol. The first-order chi connectivity index (χ1) is 12.5. The lowest BCUT2D eigenvalue weighted by Crippen LogP contribution is -2.17. The first-order valence-electron chi connectivity index (χ1n) is 8.60. The van der Waals surface area contributed by atoms with E-state index < -0.39 is 0 Å². The van der Waals surface area contributed by atoms with Crippen molar-refractivity contribution in [3.05, 3.63) is 77.6 Å². The van der Waals surface area contributed by atoms with E-state index >= 15 is 0 Å². The van der Waals surface area contributed by atoms with E-state index in [0.29, 0.717) is 17.6 Å². The molecule has 2 N–H and O–H groups in total. The molecule has 3 rings (SSSR count). The first kappa shape index (κ1) is 17.6. The van der Waals surface area contributed by atoms with E-state index in [1.807, 2.05) is 55.5 Å². The summed E-state index contributed by atoms with van der Waals surface area (Å²) in [6.45, 7) is 6.21. The highest BCUT2D eigenvalue weighted by Gasteiger charge is 2.15. The standard InChI is InChI=1S/C21H22N4O/c1-14(2)17-11-7-8-15(3)19(17)25-20(26)18-12-13-22-21(24-18)23-16-9-5-4-6-10-16/h4-14H,1-3H3,(H,25,26)(H,22,23,24). The molecule has 5 nitrogen and oxygen atoms in total. The predicted molar refractivity (Wildman–Crippen MR) is 105 cm³/mol. The quantitative estimate of drug-likeness (QED) is 0.689. The zero-order valence-electron chi connectivity index (χ0n) is 15.2. The van der Waals surface area contributed by atoms with Crippen LogP contribution in [-0.4, -0.2) is 15.9 Å². The molecule has 0 saturated carbocycles. The maximum absolute atomic E-state index is 12.7. The van der Waals surface area contributed by atoms with Gasteiger partial charge in [-0.2, -0.15) is 0 Å². The number of para-hydroxylation sites is 2. The van der Waals surface area contributed by atoms with Gasteiger partial charge >= 0.3 is 0 Å². The lowest BCUT2D eigenvalue weighted by atomic mass is 9.98. The third-order valence-corrected chi connectivity index (χ3v) is 4.08. The van der Waals surface area contributed by atoms with Crippen LogP contribution in [0.3, 0.4) is 0 Å². The summed E-state index contributed by atoms with van der Waals surface area (Å²) >= 11 is 0. The van der Waals surface area contributed by atoms with Gasteiger partial charge in [0.2, 0.25) is 5.95 Å². The predicted octanol–water partition coefficient (Wildman–Crippen LogP) is 4.90. The Balaban J connectivity index is 1.82. The van der Waals surface area contributed by atoms with Crippen molar-refractivity contribution in [1.82, 2.24) is 9.97 Å². The van der Waals surface area contributed by atoms with Crippen molar-refractivity contribution < 1.29 is 4.79 Å². The summed E-state index contributed by atoms with van der Waals surface area (Å²) in [6, 6.07) is 17.3. The minimum absolute atomic E-state index is 0.250. The number of hydrogen-bond donors (Lipinski definition) is 2. The minimum atomic E-state index is -0.250. The number of nitrogens with zero attached hydrogens (tertiary/aromatic N) is 2. The lowest BCUT2D eigenvalue weighted by molar-refractivity contribution is 0.102. The number of rotatable bonds is 5. The van der Waals surface area contributed by atoms with Crippen molar-refractivity contribution in [2.24, 2.45) is 0 Å². The van der Waals surface area contributed by atoms with Gasteiger partial charge in [-0.1, -0.05) is 50.2 Å². The van der Waals surface area contributed by atoms with Crippen molar-refractivity contribution in [2.45, 2.75) is 26.7 Å². The number of aromatic nitrogens is 2. The summed E-state index contributed by atoms with van der Waals surface area (Å²) in [5.41, 5.74) is 4.17. The number of hydrogen-bond acceptors (Lipinski definition) is 4. The summed E-state index contributed by atoms with van der Waals surface area (Å²) in [7, 11) is 0. The van der Waals surface area contributed by atoms with E-state index in [-0.39, 0.29) is 5.91 Å². The molecule has 1 amide bonds. The molecule has 0 spiro atoms. The topological polar surface area (TPSA) is 66.9 Å². The zero-order chi connectivity index (χ0) is 18.5. The van der Waals surface area contributed by atoms with Crippen LogP contribution in [0, 0.1) is 6.92 Å². The zero-order valence-corrected chi connectivity index (χ0v) is 15.2. The molecule has 0 aliphatic heterocycles. The molecular formula is C21H22N4O. The van der Waals surface area contributed by atoms with Crippen LogP contribution in [0.15, 0.2) is 60.8 Å². The fourth-order valence-electron chi connectivity index (χ4n) is 2.72. The summed E-state index contributed by atoms with van der Waals surface area (Å²) in [6.07, 6.45) is 1.58. The highest BCUT2D eigenvalue weighted by atomic mass is 16.1. The summed E-state index contributed by atoms with van der Waals surface area (Å²) in [4.78, 5) is 21.2. The molecule has 2 aromatic carbocycles. The van der Waals surface area contributed by atoms with Gasteiger partial charge in [-0.15, -0.1) is 0 Å². The summed E-state index contributed by atoms with van der Waals surface area (Å²) in [5.74, 6) is 0.448. The van der Waals surface area contributed by atoms with Crippen LogP contribution < -0.4 is 10.6 Å². The summed E-state index contributed by atoms with van der Waals surface area (Å²) in [5, 5.41) is 6.11. The van der Waals surface area contributed by atoms with Gasteiger partial charge in [0, 0.05) is 17.6 Å². The maximum Gasteiger partial charge on any atom is 0.274 e. The Bertz CT molecular complexity index is 907. The SMILES string of the molecule is Cc1cccc(C(C)C)c1NC(=O)c1ccnc(Nc2ccccc2)n1. The molecular weight excluding hydrogens is 324 g/mol. The minimum Gasteiger partial charge on any atom is -0.324 e. The average molecular weight is 346 g/mol. The number of anilines is 3. The van der Waals surface area contributed by atoms with Crippen molar-refractivity contribution >= 4 is 23.2 Å². The number of amides is 1. The number of nitrogens with one attached hydrogen (secondary N) is 2. The number of aryl methyl sites for hydroxylation is 1. The van der Waals surface area contributed by atoms with E-state index in [2.05, 4.69) is 34.4 Å². The second-order valence-electron chi connectivity index (χ2n) is 6.40. The van der Waals surface area contributed by atoms with Crippen LogP contribution in [0.4, 0.5) is 17.3 Å². The van der Waals surface area contributed by atoms with Gasteiger partial charge in [0.25, 0.3) is 5.91 Å². The van der Waals surface area contributed by atoms with Crippen LogP contribution in [0.25, 0.3) is 0 Å². The van der Waals surface area contributed by atoms with Gasteiger partial charge in [0.1, 0.15) is 5.69 Å². The van der Waals surface area contributed by atoms with Crippen LogP contribution >= 0.6 is 0 Å². The highest BCUT2D eigenvalue weighted by molar-refractivity contribution is 6.04. The molecule has 0 radical (unpaired) electrons. The van der Waals surface area contributed by atoms with E-state index in [9.17, 15) is 4.79 Å². The molecule has 0 atom stereocenters. The van der Waals surface area contributed by atoms with Gasteiger partial charge in [-0.05, 0) is 42.2 Å². The largest absolute Gasteiger partial charge is 0.324 e. The molecule has 0 unspecified atom stereocenters. The molecule has 1 heterocycles. The third-order valence-electron chi connectivity index (χ3n) is 4.08. The van der Waals surface area contributed by atoms with E-state index in [0.717, 1.165) is 22.5 Å². The maximum atomic E-state index is 12.7. The highest BCUT2D eigenvalue weighted by Crippen LogP contribution is 2.27. The second-order valence-corrected chi connectivity index (χ2v) is 6.40. The normalized spacial score (nSPS) is 10.6. The van der Waals surface area contributed by atoms with Crippen molar-refractivity contribution in [3.63, 3.8) is 0 Å². The molecule has 5 heteroatoms. The number of carbonyl (C=O) groups is 1. The van der Waals surface area contributed by atoms with E-state index in [1.165, 1.54) is 0 Å². The second kappa shape index (κ2) is 7.78. The summed E-state index contributed by atoms with van der Waals surface area (Å²) < 4.78 is 0. The lowest BCUT2D eigenvalue weighted by Gasteiger charge is -2.16. The fourth-order valence-corrected chi connectivity index (χ4v) is 2.72. The van der Waals surface area contributed by atoms with Crippen LogP contribution in [0.5, 0.6) is 0 Å². The first-order valence-corrected chi connectivity index (χ1v) is 8.60. The molecule has 0 fully saturated rings. The fraction of sp³-hybridized carbons (Fsp3) is 0.190. The van der Waals surface area contributed by atoms with Crippen molar-refractivity contribution in [2.75, 3.05) is 10.6 Å².